The molecular weight excluding hydrogens is 422 g/mol. The summed E-state index contributed by atoms with van der Waals surface area (Å²) in [5, 5.41) is 6.04. The molecule has 0 radical (unpaired) electrons. The van der Waals surface area contributed by atoms with Gasteiger partial charge in [-0.2, -0.15) is 0 Å². The summed E-state index contributed by atoms with van der Waals surface area (Å²) in [7, 11) is 0. The molecule has 172 valence electrons. The maximum atomic E-state index is 12.7. The number of ether oxygens (including phenoxy) is 1. The first-order valence-corrected chi connectivity index (χ1v) is 12.3. The number of aryl methyl sites for hydroxylation is 1. The summed E-state index contributed by atoms with van der Waals surface area (Å²) in [5.74, 6) is 0.829. The second-order valence-corrected chi connectivity index (χ2v) is 9.18. The van der Waals surface area contributed by atoms with Crippen molar-refractivity contribution in [3.8, 4) is 5.75 Å². The van der Waals surface area contributed by atoms with Gasteiger partial charge in [0.05, 0.1) is 10.7 Å². The average molecular weight is 456 g/mol. The number of benzene rings is 1. The zero-order valence-corrected chi connectivity index (χ0v) is 19.8. The lowest BCUT2D eigenvalue weighted by Gasteiger charge is -2.30. The Morgan fingerprint density at radius 1 is 1.25 bits per heavy atom. The van der Waals surface area contributed by atoms with Crippen molar-refractivity contribution in [3.63, 3.8) is 0 Å². The van der Waals surface area contributed by atoms with Gasteiger partial charge < -0.3 is 15.0 Å². The number of aromatic nitrogens is 1. The molecule has 32 heavy (non-hydrogen) atoms. The van der Waals surface area contributed by atoms with E-state index in [9.17, 15) is 9.59 Å². The van der Waals surface area contributed by atoms with Crippen molar-refractivity contribution in [2.75, 3.05) is 19.6 Å². The van der Waals surface area contributed by atoms with E-state index in [0.717, 1.165) is 47.8 Å². The third-order valence-electron chi connectivity index (χ3n) is 5.62. The van der Waals surface area contributed by atoms with Crippen LogP contribution >= 0.6 is 11.3 Å². The van der Waals surface area contributed by atoms with E-state index in [1.165, 1.54) is 0 Å². The molecule has 1 aromatic carbocycles. The van der Waals surface area contributed by atoms with E-state index >= 15 is 0 Å². The first kappa shape index (κ1) is 24.0. The summed E-state index contributed by atoms with van der Waals surface area (Å²) in [6, 6.07) is 7.67. The molecule has 1 aromatic heterocycles. The highest BCUT2D eigenvalue weighted by Crippen LogP contribution is 2.22. The van der Waals surface area contributed by atoms with E-state index in [1.807, 2.05) is 41.5 Å². The minimum Gasteiger partial charge on any atom is -0.487 e. The number of carbonyl (C=O) groups excluding carboxylic acids is 2. The molecule has 1 saturated heterocycles. The minimum atomic E-state index is -0.0308. The molecule has 3 rings (SSSR count). The van der Waals surface area contributed by atoms with Gasteiger partial charge in [-0.25, -0.2) is 4.98 Å². The second-order valence-electron chi connectivity index (χ2n) is 8.12. The first-order valence-electron chi connectivity index (χ1n) is 11.4. The Morgan fingerprint density at radius 3 is 2.75 bits per heavy atom. The van der Waals surface area contributed by atoms with Gasteiger partial charge in [0.15, 0.2) is 0 Å². The zero-order valence-electron chi connectivity index (χ0n) is 19.0. The van der Waals surface area contributed by atoms with Gasteiger partial charge in [0.1, 0.15) is 12.4 Å². The average Bonchev–Trinajstić information content (AvgIpc) is 3.24. The number of rotatable bonds is 10. The van der Waals surface area contributed by atoms with Crippen LogP contribution in [0.5, 0.6) is 5.75 Å². The van der Waals surface area contributed by atoms with E-state index < -0.39 is 0 Å². The van der Waals surface area contributed by atoms with Crippen LogP contribution in [0.15, 0.2) is 35.7 Å². The number of carbonyl (C=O) groups is 2. The number of thiazole rings is 1. The Morgan fingerprint density at radius 2 is 2.03 bits per heavy atom. The highest BCUT2D eigenvalue weighted by molar-refractivity contribution is 7.09. The predicted octanol–water partition coefficient (Wildman–Crippen LogP) is 4.59. The number of amides is 2. The van der Waals surface area contributed by atoms with Crippen LogP contribution in [0.1, 0.15) is 55.3 Å². The number of likely N-dealkylation sites (tertiary alicyclic amines) is 1. The van der Waals surface area contributed by atoms with E-state index in [0.29, 0.717) is 32.5 Å². The van der Waals surface area contributed by atoms with Gasteiger partial charge in [-0.3, -0.25) is 9.59 Å². The molecule has 0 spiro atoms. The summed E-state index contributed by atoms with van der Waals surface area (Å²) in [6.07, 6.45) is 8.14. The molecule has 2 aromatic rings. The number of unbranched alkanes of at least 4 members (excludes halogenated alkanes) is 2. The largest absolute Gasteiger partial charge is 0.487 e. The molecule has 2 heterocycles. The molecule has 6 nitrogen and oxygen atoms in total. The van der Waals surface area contributed by atoms with E-state index in [-0.39, 0.29) is 17.7 Å². The monoisotopic (exact) mass is 455 g/mol. The van der Waals surface area contributed by atoms with Gasteiger partial charge in [0.2, 0.25) is 11.8 Å². The summed E-state index contributed by atoms with van der Waals surface area (Å²) in [4.78, 5) is 31.2. The Balaban J connectivity index is 1.48. The van der Waals surface area contributed by atoms with Gasteiger partial charge in [-0.1, -0.05) is 38.0 Å². The number of piperidine rings is 1. The SMILES string of the molecule is CCCCCNC(=O)C1CCN(C(=O)/C=C/c2ccccc2OCc2csc(C)n2)CC1. The lowest BCUT2D eigenvalue weighted by atomic mass is 9.95. The Bertz CT molecular complexity index is 917. The first-order chi connectivity index (χ1) is 15.6. The minimum absolute atomic E-state index is 0.00753. The molecule has 1 aliphatic rings. The lowest BCUT2D eigenvalue weighted by molar-refractivity contribution is -0.132. The van der Waals surface area contributed by atoms with E-state index in [1.54, 1.807) is 23.5 Å². The van der Waals surface area contributed by atoms with E-state index in [2.05, 4.69) is 17.2 Å². The molecule has 0 aliphatic carbocycles. The highest BCUT2D eigenvalue weighted by Gasteiger charge is 2.26. The molecule has 0 bridgehead atoms. The molecule has 1 N–H and O–H groups in total. The predicted molar refractivity (Wildman–Crippen MR) is 128 cm³/mol. The van der Waals surface area contributed by atoms with Crippen molar-refractivity contribution >= 4 is 29.2 Å². The summed E-state index contributed by atoms with van der Waals surface area (Å²) >= 11 is 1.60. The normalized spacial score (nSPS) is 14.6. The standard InChI is InChI=1S/C25H33N3O3S/c1-3-4-7-14-26-25(30)21-12-15-28(16-13-21)24(29)11-10-20-8-5-6-9-23(20)31-17-22-18-32-19(2)27-22/h5-6,8-11,18,21H,3-4,7,12-17H2,1-2H3,(H,26,30)/b11-10+. The van der Waals surface area contributed by atoms with Gasteiger partial charge >= 0.3 is 0 Å². The third kappa shape index (κ3) is 7.19. The Hall–Kier alpha value is -2.67. The maximum absolute atomic E-state index is 12.7. The van der Waals surface area contributed by atoms with Gasteiger partial charge in [0.25, 0.3) is 0 Å². The number of nitrogens with zero attached hydrogens (tertiary/aromatic N) is 2. The van der Waals surface area contributed by atoms with Crippen LogP contribution in [-0.2, 0) is 16.2 Å². The fourth-order valence-electron chi connectivity index (χ4n) is 3.74. The maximum Gasteiger partial charge on any atom is 0.246 e. The molecule has 1 aliphatic heterocycles. The van der Waals surface area contributed by atoms with Crippen LogP contribution in [0, 0.1) is 12.8 Å². The third-order valence-corrected chi connectivity index (χ3v) is 6.45. The van der Waals surface area contributed by atoms with Gasteiger partial charge in [-0.05, 0) is 38.3 Å². The van der Waals surface area contributed by atoms with Crippen molar-refractivity contribution in [2.24, 2.45) is 5.92 Å². The van der Waals surface area contributed by atoms with Crippen molar-refractivity contribution in [1.29, 1.82) is 0 Å². The number of para-hydroxylation sites is 1. The van der Waals surface area contributed by atoms with Crippen LogP contribution in [0.25, 0.3) is 6.08 Å². The number of nitrogens with one attached hydrogen (secondary N) is 1. The number of hydrogen-bond acceptors (Lipinski definition) is 5. The zero-order chi connectivity index (χ0) is 22.8. The van der Waals surface area contributed by atoms with Crippen LogP contribution in [0.2, 0.25) is 0 Å². The van der Waals surface area contributed by atoms with Crippen molar-refractivity contribution in [1.82, 2.24) is 15.2 Å². The topological polar surface area (TPSA) is 71.5 Å². The summed E-state index contributed by atoms with van der Waals surface area (Å²) < 4.78 is 5.93. The summed E-state index contributed by atoms with van der Waals surface area (Å²) in [5.41, 5.74) is 1.76. The fraction of sp³-hybridized carbons (Fsp3) is 0.480. The highest BCUT2D eigenvalue weighted by atomic mass is 32.1. The summed E-state index contributed by atoms with van der Waals surface area (Å²) in [6.45, 7) is 6.49. The van der Waals surface area contributed by atoms with Crippen LogP contribution in [0.4, 0.5) is 0 Å². The van der Waals surface area contributed by atoms with Crippen LogP contribution in [0.3, 0.4) is 0 Å². The van der Waals surface area contributed by atoms with Crippen molar-refractivity contribution in [3.05, 3.63) is 52.0 Å². The number of hydrogen-bond donors (Lipinski definition) is 1. The Labute approximate surface area is 194 Å². The fourth-order valence-corrected chi connectivity index (χ4v) is 4.33. The molecule has 0 saturated carbocycles. The Kier molecular flexibility index (Phi) is 9.28. The molecule has 2 amide bonds. The molecule has 0 unspecified atom stereocenters. The molecule has 1 fully saturated rings. The van der Waals surface area contributed by atoms with Crippen molar-refractivity contribution < 1.29 is 14.3 Å². The molecule has 0 atom stereocenters. The molecular formula is C25H33N3O3S. The molecule has 7 heteroatoms. The smallest absolute Gasteiger partial charge is 0.246 e. The second kappa shape index (κ2) is 12.4. The van der Waals surface area contributed by atoms with Crippen LogP contribution < -0.4 is 10.1 Å². The van der Waals surface area contributed by atoms with E-state index in [4.69, 9.17) is 4.74 Å². The van der Waals surface area contributed by atoms with Gasteiger partial charge in [0, 0.05) is 42.6 Å². The van der Waals surface area contributed by atoms with Crippen molar-refractivity contribution in [2.45, 2.75) is 52.6 Å². The van der Waals surface area contributed by atoms with Gasteiger partial charge in [-0.15, -0.1) is 11.3 Å². The lowest BCUT2D eigenvalue weighted by Crippen LogP contribution is -2.42. The quantitative estimate of drug-likeness (QED) is 0.420. The van der Waals surface area contributed by atoms with Crippen LogP contribution in [-0.4, -0.2) is 41.3 Å².